The van der Waals surface area contributed by atoms with Crippen LogP contribution in [0.4, 0.5) is 4.79 Å². The van der Waals surface area contributed by atoms with Gasteiger partial charge in [0.15, 0.2) is 5.78 Å². The maximum atomic E-state index is 12.8. The number of ether oxygens (including phenoxy) is 1. The van der Waals surface area contributed by atoms with Crippen LogP contribution in [0.25, 0.3) is 0 Å². The molecule has 1 amide bonds. The van der Waals surface area contributed by atoms with Crippen molar-refractivity contribution in [2.24, 2.45) is 0 Å². The predicted molar refractivity (Wildman–Crippen MR) is 132 cm³/mol. The number of hydrogen-bond acceptors (Lipinski definition) is 5. The number of amides is 1. The summed E-state index contributed by atoms with van der Waals surface area (Å²) < 4.78 is 6.53. The molecule has 1 aromatic carbocycles. The second-order valence-electron chi connectivity index (χ2n) is 9.74. The van der Waals surface area contributed by atoms with Crippen molar-refractivity contribution >= 4 is 39.4 Å². The number of halogens is 2. The van der Waals surface area contributed by atoms with Gasteiger partial charge < -0.3 is 4.74 Å². The third-order valence-corrected chi connectivity index (χ3v) is 6.83. The van der Waals surface area contributed by atoms with Crippen molar-refractivity contribution in [1.82, 2.24) is 14.8 Å². The molecule has 33 heavy (non-hydrogen) atoms. The predicted octanol–water partition coefficient (Wildman–Crippen LogP) is 5.20. The minimum Gasteiger partial charge on any atom is -0.444 e. The lowest BCUT2D eigenvalue weighted by molar-refractivity contribution is -0.124. The van der Waals surface area contributed by atoms with Crippen LogP contribution in [0.1, 0.15) is 56.1 Å². The van der Waals surface area contributed by atoms with E-state index in [0.29, 0.717) is 24.7 Å². The van der Waals surface area contributed by atoms with Crippen LogP contribution in [0.5, 0.6) is 0 Å². The molecule has 2 atom stereocenters. The van der Waals surface area contributed by atoms with E-state index >= 15 is 0 Å². The number of aromatic nitrogens is 1. The zero-order chi connectivity index (χ0) is 23.9. The van der Waals surface area contributed by atoms with Crippen molar-refractivity contribution in [3.05, 3.63) is 62.3 Å². The number of hydrogen-bond donors (Lipinski definition) is 0. The number of pyridine rings is 1. The van der Waals surface area contributed by atoms with Crippen LogP contribution in [0, 0.1) is 0 Å². The number of nitrogens with zero attached hydrogens (tertiary/aromatic N) is 3. The van der Waals surface area contributed by atoms with Crippen molar-refractivity contribution in [1.29, 1.82) is 0 Å². The molecule has 1 fully saturated rings. The lowest BCUT2D eigenvalue weighted by Crippen LogP contribution is -2.59. The molecule has 2 aromatic rings. The number of carbonyl (C=O) groups is 2. The Kier molecular flexibility index (Phi) is 6.85. The molecule has 0 radical (unpaired) electrons. The molecule has 1 aliphatic heterocycles. The molecule has 6 nitrogen and oxygen atoms in total. The molecule has 1 saturated heterocycles. The first kappa shape index (κ1) is 24.2. The number of fused-ring (bicyclic) bond motifs is 2. The lowest BCUT2D eigenvalue weighted by atomic mass is 9.95. The Bertz CT molecular complexity index is 1030. The zero-order valence-electron chi connectivity index (χ0n) is 19.4. The molecular formula is C25H29BrClN3O3. The summed E-state index contributed by atoms with van der Waals surface area (Å²) in [5.74, 6) is -0.0560. The highest BCUT2D eigenvalue weighted by Crippen LogP contribution is 2.38. The van der Waals surface area contributed by atoms with E-state index in [1.165, 1.54) is 18.1 Å². The zero-order valence-corrected chi connectivity index (χ0v) is 21.7. The van der Waals surface area contributed by atoms with Gasteiger partial charge in [-0.05, 0) is 91.4 Å². The van der Waals surface area contributed by atoms with Gasteiger partial charge >= 0.3 is 6.09 Å². The molecule has 176 valence electrons. The van der Waals surface area contributed by atoms with Gasteiger partial charge in [-0.2, -0.15) is 0 Å². The summed E-state index contributed by atoms with van der Waals surface area (Å²) in [6, 6.07) is 7.45. The van der Waals surface area contributed by atoms with Crippen LogP contribution in [0.15, 0.2) is 34.9 Å². The number of piperazine rings is 1. The van der Waals surface area contributed by atoms with Crippen LogP contribution in [-0.4, -0.2) is 57.9 Å². The smallest absolute Gasteiger partial charge is 0.410 e. The van der Waals surface area contributed by atoms with Crippen molar-refractivity contribution in [3.8, 4) is 0 Å². The second-order valence-corrected chi connectivity index (χ2v) is 11.1. The van der Waals surface area contributed by atoms with Crippen LogP contribution >= 0.6 is 27.5 Å². The standard InChI is InChI=1S/C25H29BrClN3O3/c1-15(31)21-14-29(9-10-30(21)24(32)33-25(2,3)4)23-20-8-7-19(27)12-16(20)5-6-17-11-18(26)13-28-22(17)23/h7-8,11-13,21,23H,5-6,9-10,14H2,1-4H3/t21-,23?/m1/s1. The molecule has 8 heteroatoms. The van der Waals surface area contributed by atoms with Gasteiger partial charge in [0.2, 0.25) is 0 Å². The van der Waals surface area contributed by atoms with E-state index < -0.39 is 17.7 Å². The van der Waals surface area contributed by atoms with Crippen molar-refractivity contribution < 1.29 is 14.3 Å². The SMILES string of the molecule is CC(=O)[C@H]1CN(C2c3ccc(Cl)cc3CCc3cc(Br)cnc32)CCN1C(=O)OC(C)(C)C. The van der Waals surface area contributed by atoms with Gasteiger partial charge in [-0.15, -0.1) is 0 Å². The van der Waals surface area contributed by atoms with Gasteiger partial charge in [0, 0.05) is 35.3 Å². The fraction of sp³-hybridized carbons (Fsp3) is 0.480. The van der Waals surface area contributed by atoms with Gasteiger partial charge in [-0.25, -0.2) is 4.79 Å². The van der Waals surface area contributed by atoms with Gasteiger partial charge in [0.05, 0.1) is 11.7 Å². The van der Waals surface area contributed by atoms with E-state index in [9.17, 15) is 9.59 Å². The maximum Gasteiger partial charge on any atom is 0.410 e. The van der Waals surface area contributed by atoms with E-state index in [1.54, 1.807) is 4.90 Å². The average molecular weight is 535 g/mol. The molecule has 0 saturated carbocycles. The summed E-state index contributed by atoms with van der Waals surface area (Å²) in [5, 5.41) is 0.712. The summed E-state index contributed by atoms with van der Waals surface area (Å²) in [4.78, 5) is 34.1. The molecule has 1 unspecified atom stereocenters. The summed E-state index contributed by atoms with van der Waals surface area (Å²) in [6.07, 6.45) is 3.11. The fourth-order valence-corrected chi connectivity index (χ4v) is 5.28. The van der Waals surface area contributed by atoms with Gasteiger partial charge in [-0.3, -0.25) is 19.6 Å². The number of Topliss-reactive ketones (excluding diaryl/α,β-unsaturated/α-hetero) is 1. The first-order chi connectivity index (χ1) is 15.5. The van der Waals surface area contributed by atoms with Crippen molar-refractivity contribution in [2.45, 2.75) is 58.2 Å². The highest BCUT2D eigenvalue weighted by molar-refractivity contribution is 9.10. The molecule has 4 rings (SSSR count). The Labute approximate surface area is 208 Å². The molecule has 1 aliphatic carbocycles. The highest BCUT2D eigenvalue weighted by atomic mass is 79.9. The Morgan fingerprint density at radius 2 is 1.88 bits per heavy atom. The van der Waals surface area contributed by atoms with Crippen LogP contribution in [0.2, 0.25) is 5.02 Å². The number of benzene rings is 1. The molecular weight excluding hydrogens is 506 g/mol. The first-order valence-corrected chi connectivity index (χ1v) is 12.4. The van der Waals surface area contributed by atoms with Gasteiger partial charge in [0.25, 0.3) is 0 Å². The third-order valence-electron chi connectivity index (χ3n) is 6.16. The summed E-state index contributed by atoms with van der Waals surface area (Å²) in [5.41, 5.74) is 3.89. The first-order valence-electron chi connectivity index (χ1n) is 11.2. The Morgan fingerprint density at radius 3 is 2.58 bits per heavy atom. The third kappa shape index (κ3) is 5.26. The topological polar surface area (TPSA) is 62.7 Å². The minimum absolute atomic E-state index is 0.0560. The summed E-state index contributed by atoms with van der Waals surface area (Å²) >= 11 is 9.89. The average Bonchev–Trinajstić information content (AvgIpc) is 2.88. The quantitative estimate of drug-likeness (QED) is 0.530. The van der Waals surface area contributed by atoms with Crippen LogP contribution in [0.3, 0.4) is 0 Å². The largest absolute Gasteiger partial charge is 0.444 e. The summed E-state index contributed by atoms with van der Waals surface area (Å²) in [6.45, 7) is 8.46. The second kappa shape index (κ2) is 9.35. The Morgan fingerprint density at radius 1 is 1.15 bits per heavy atom. The fourth-order valence-electron chi connectivity index (χ4n) is 4.71. The van der Waals surface area contributed by atoms with Gasteiger partial charge in [-0.1, -0.05) is 17.7 Å². The van der Waals surface area contributed by atoms with E-state index in [4.69, 9.17) is 21.3 Å². The van der Waals surface area contributed by atoms with E-state index in [-0.39, 0.29) is 11.8 Å². The van der Waals surface area contributed by atoms with Gasteiger partial charge in [0.1, 0.15) is 11.6 Å². The van der Waals surface area contributed by atoms with Crippen LogP contribution in [-0.2, 0) is 22.4 Å². The molecule has 2 aliphatic rings. The molecule has 0 N–H and O–H groups in total. The Balaban J connectivity index is 1.71. The normalized spacial score (nSPS) is 21.1. The van der Waals surface area contributed by atoms with Crippen LogP contribution < -0.4 is 0 Å². The molecule has 1 aromatic heterocycles. The maximum absolute atomic E-state index is 12.8. The number of ketones is 1. The summed E-state index contributed by atoms with van der Waals surface area (Å²) in [7, 11) is 0. The molecule has 2 heterocycles. The lowest BCUT2D eigenvalue weighted by Gasteiger charge is -2.43. The number of carbonyl (C=O) groups excluding carboxylic acids is 2. The number of rotatable bonds is 2. The van der Waals surface area contributed by atoms with E-state index in [1.807, 2.05) is 39.1 Å². The monoisotopic (exact) mass is 533 g/mol. The Hall–Kier alpha value is -1.96. The van der Waals surface area contributed by atoms with E-state index in [2.05, 4.69) is 33.0 Å². The number of aryl methyl sites for hydroxylation is 2. The minimum atomic E-state index is -0.620. The molecule has 0 spiro atoms. The molecule has 0 bridgehead atoms. The van der Waals surface area contributed by atoms with Crippen molar-refractivity contribution in [3.63, 3.8) is 0 Å². The highest BCUT2D eigenvalue weighted by Gasteiger charge is 2.40. The van der Waals surface area contributed by atoms with E-state index in [0.717, 1.165) is 28.6 Å². The van der Waals surface area contributed by atoms with Crippen molar-refractivity contribution in [2.75, 3.05) is 19.6 Å².